The number of hydrogen-bond donors (Lipinski definition) is 2. The van der Waals surface area contributed by atoms with Crippen molar-refractivity contribution in [3.8, 4) is 0 Å². The fourth-order valence-corrected chi connectivity index (χ4v) is 3.98. The second-order valence-corrected chi connectivity index (χ2v) is 7.11. The number of halogens is 2. The van der Waals surface area contributed by atoms with Crippen LogP contribution < -0.4 is 11.1 Å². The lowest BCUT2D eigenvalue weighted by molar-refractivity contribution is -0.119. The number of anilines is 1. The summed E-state index contributed by atoms with van der Waals surface area (Å²) in [5, 5.41) is 3.82. The van der Waals surface area contributed by atoms with Crippen molar-refractivity contribution in [2.45, 2.75) is 30.2 Å². The van der Waals surface area contributed by atoms with Crippen LogP contribution in [-0.4, -0.2) is 11.7 Å². The average molecular weight is 383 g/mol. The Balaban J connectivity index is 0.00000208. The molecule has 2 aromatic rings. The summed E-state index contributed by atoms with van der Waals surface area (Å²) in [4.78, 5) is 13.2. The zero-order valence-corrected chi connectivity index (χ0v) is 15.5. The summed E-state index contributed by atoms with van der Waals surface area (Å²) in [6.45, 7) is 0. The highest BCUT2D eigenvalue weighted by Crippen LogP contribution is 2.31. The second kappa shape index (κ2) is 8.65. The molecule has 1 unspecified atom stereocenters. The zero-order valence-electron chi connectivity index (χ0n) is 13.1. The van der Waals surface area contributed by atoms with E-state index in [-0.39, 0.29) is 24.4 Å². The van der Waals surface area contributed by atoms with Gasteiger partial charge in [-0.15, -0.1) is 24.2 Å². The monoisotopic (exact) mass is 382 g/mol. The van der Waals surface area contributed by atoms with Crippen LogP contribution in [0.5, 0.6) is 0 Å². The number of thioether (sulfide) groups is 1. The number of rotatable bonds is 4. The SMILES string of the molecule is Cl.Nc1ccc2c(c1)CCCC2NC(=O)CSc1ccccc1Cl. The van der Waals surface area contributed by atoms with E-state index in [0.29, 0.717) is 10.8 Å². The van der Waals surface area contributed by atoms with Gasteiger partial charge in [0, 0.05) is 10.6 Å². The molecule has 0 aromatic heterocycles. The molecule has 3 N–H and O–H groups in total. The summed E-state index contributed by atoms with van der Waals surface area (Å²) in [6.07, 6.45) is 3.07. The summed E-state index contributed by atoms with van der Waals surface area (Å²) in [6, 6.07) is 13.6. The van der Waals surface area contributed by atoms with Gasteiger partial charge in [0.05, 0.1) is 16.8 Å². The standard InChI is InChI=1S/C18H19ClN2OS.ClH/c19-15-5-1-2-7-17(15)23-11-18(22)21-16-6-3-4-12-10-13(20)8-9-14(12)16;/h1-2,5,7-10,16H,3-4,6,11,20H2,(H,21,22);1H. The molecule has 24 heavy (non-hydrogen) atoms. The summed E-state index contributed by atoms with van der Waals surface area (Å²) < 4.78 is 0. The van der Waals surface area contributed by atoms with E-state index in [0.717, 1.165) is 29.8 Å². The fourth-order valence-electron chi connectivity index (χ4n) is 2.93. The van der Waals surface area contributed by atoms with Crippen LogP contribution in [0.2, 0.25) is 5.02 Å². The van der Waals surface area contributed by atoms with Gasteiger partial charge in [0.15, 0.2) is 0 Å². The Hall–Kier alpha value is -1.36. The number of nitrogens with one attached hydrogen (secondary N) is 1. The van der Waals surface area contributed by atoms with Gasteiger partial charge in [-0.05, 0) is 54.7 Å². The predicted molar refractivity (Wildman–Crippen MR) is 104 cm³/mol. The molecule has 0 saturated carbocycles. The highest BCUT2D eigenvalue weighted by molar-refractivity contribution is 8.00. The maximum Gasteiger partial charge on any atom is 0.230 e. The third-order valence-electron chi connectivity index (χ3n) is 4.01. The molecule has 0 aliphatic heterocycles. The molecule has 3 rings (SSSR count). The molecule has 0 fully saturated rings. The number of carbonyl (C=O) groups excluding carboxylic acids is 1. The number of aryl methyl sites for hydroxylation is 1. The quantitative estimate of drug-likeness (QED) is 0.598. The first kappa shape index (κ1) is 19.0. The smallest absolute Gasteiger partial charge is 0.230 e. The van der Waals surface area contributed by atoms with Gasteiger partial charge in [0.1, 0.15) is 0 Å². The summed E-state index contributed by atoms with van der Waals surface area (Å²) >= 11 is 7.58. The summed E-state index contributed by atoms with van der Waals surface area (Å²) in [7, 11) is 0. The Morgan fingerprint density at radius 2 is 2.08 bits per heavy atom. The topological polar surface area (TPSA) is 55.1 Å². The minimum absolute atomic E-state index is 0. The molecule has 0 radical (unpaired) electrons. The lowest BCUT2D eigenvalue weighted by Gasteiger charge is -2.26. The van der Waals surface area contributed by atoms with Gasteiger partial charge in [0.25, 0.3) is 0 Å². The maximum absolute atomic E-state index is 12.3. The highest BCUT2D eigenvalue weighted by Gasteiger charge is 2.21. The first-order valence-electron chi connectivity index (χ1n) is 7.68. The average Bonchev–Trinajstić information content (AvgIpc) is 2.54. The van der Waals surface area contributed by atoms with Crippen LogP contribution in [0.1, 0.15) is 30.0 Å². The van der Waals surface area contributed by atoms with Crippen molar-refractivity contribution in [1.29, 1.82) is 0 Å². The molecular weight excluding hydrogens is 363 g/mol. The summed E-state index contributed by atoms with van der Waals surface area (Å²) in [5.74, 6) is 0.398. The zero-order chi connectivity index (χ0) is 16.2. The van der Waals surface area contributed by atoms with Gasteiger partial charge < -0.3 is 11.1 Å². The molecule has 0 bridgehead atoms. The van der Waals surface area contributed by atoms with Gasteiger partial charge in [-0.3, -0.25) is 4.79 Å². The Bertz CT molecular complexity index is 724. The first-order valence-corrected chi connectivity index (χ1v) is 9.05. The molecule has 0 saturated heterocycles. The van der Waals surface area contributed by atoms with Gasteiger partial charge in [-0.2, -0.15) is 0 Å². The predicted octanol–water partition coefficient (Wildman–Crippen LogP) is 4.63. The number of nitrogens with two attached hydrogens (primary N) is 1. The van der Waals surface area contributed by atoms with Crippen LogP contribution >= 0.6 is 35.8 Å². The van der Waals surface area contributed by atoms with Gasteiger partial charge in [-0.25, -0.2) is 0 Å². The van der Waals surface area contributed by atoms with Crippen molar-refractivity contribution in [1.82, 2.24) is 5.32 Å². The van der Waals surface area contributed by atoms with Crippen LogP contribution in [0.15, 0.2) is 47.4 Å². The van der Waals surface area contributed by atoms with Crippen LogP contribution in [0.4, 0.5) is 5.69 Å². The van der Waals surface area contributed by atoms with Crippen molar-refractivity contribution in [2.75, 3.05) is 11.5 Å². The van der Waals surface area contributed by atoms with Crippen LogP contribution in [0, 0.1) is 0 Å². The van der Waals surface area contributed by atoms with E-state index in [2.05, 4.69) is 5.32 Å². The Labute approximate surface area is 157 Å². The largest absolute Gasteiger partial charge is 0.399 e. The Morgan fingerprint density at radius 1 is 1.29 bits per heavy atom. The van der Waals surface area contributed by atoms with Crippen molar-refractivity contribution >= 4 is 47.4 Å². The molecule has 1 aliphatic rings. The number of fused-ring (bicyclic) bond motifs is 1. The molecule has 0 spiro atoms. The van der Waals surface area contributed by atoms with E-state index in [4.69, 9.17) is 17.3 Å². The summed E-state index contributed by atoms with van der Waals surface area (Å²) in [5.41, 5.74) is 9.08. The molecular formula is C18H20Cl2N2OS. The van der Waals surface area contributed by atoms with E-state index in [9.17, 15) is 4.79 Å². The number of amides is 1. The third-order valence-corrected chi connectivity index (χ3v) is 5.53. The van der Waals surface area contributed by atoms with Crippen molar-refractivity contribution in [2.24, 2.45) is 0 Å². The highest BCUT2D eigenvalue weighted by atomic mass is 35.5. The molecule has 1 atom stereocenters. The third kappa shape index (κ3) is 4.59. The number of nitrogen functional groups attached to an aromatic ring is 1. The van der Waals surface area contributed by atoms with Crippen molar-refractivity contribution in [3.63, 3.8) is 0 Å². The lowest BCUT2D eigenvalue weighted by Crippen LogP contribution is -2.32. The normalized spacial score (nSPS) is 16.0. The van der Waals surface area contributed by atoms with E-state index >= 15 is 0 Å². The Morgan fingerprint density at radius 3 is 2.88 bits per heavy atom. The van der Waals surface area contributed by atoms with Crippen LogP contribution in [-0.2, 0) is 11.2 Å². The van der Waals surface area contributed by atoms with E-state index in [1.807, 2.05) is 42.5 Å². The Kier molecular flexibility index (Phi) is 6.84. The lowest BCUT2D eigenvalue weighted by atomic mass is 9.87. The fraction of sp³-hybridized carbons (Fsp3) is 0.278. The minimum Gasteiger partial charge on any atom is -0.399 e. The van der Waals surface area contributed by atoms with Crippen molar-refractivity contribution in [3.05, 3.63) is 58.6 Å². The molecule has 1 amide bonds. The minimum atomic E-state index is 0. The van der Waals surface area contributed by atoms with Crippen LogP contribution in [0.3, 0.4) is 0 Å². The molecule has 128 valence electrons. The van der Waals surface area contributed by atoms with Crippen LogP contribution in [0.25, 0.3) is 0 Å². The molecule has 2 aromatic carbocycles. The first-order chi connectivity index (χ1) is 11.1. The van der Waals surface area contributed by atoms with Gasteiger partial charge >= 0.3 is 0 Å². The number of hydrogen-bond acceptors (Lipinski definition) is 3. The maximum atomic E-state index is 12.3. The van der Waals surface area contributed by atoms with Gasteiger partial charge in [0.2, 0.25) is 5.91 Å². The molecule has 1 aliphatic carbocycles. The molecule has 0 heterocycles. The van der Waals surface area contributed by atoms with Crippen molar-refractivity contribution < 1.29 is 4.79 Å². The van der Waals surface area contributed by atoms with Gasteiger partial charge in [-0.1, -0.05) is 29.8 Å². The van der Waals surface area contributed by atoms with E-state index < -0.39 is 0 Å². The van der Waals surface area contributed by atoms with E-state index in [1.54, 1.807) is 0 Å². The van der Waals surface area contributed by atoms with E-state index in [1.165, 1.54) is 22.9 Å². The number of carbonyl (C=O) groups is 1. The molecule has 6 heteroatoms. The second-order valence-electron chi connectivity index (χ2n) is 5.69. The number of benzene rings is 2. The molecule has 3 nitrogen and oxygen atoms in total.